The van der Waals surface area contributed by atoms with E-state index in [0.717, 1.165) is 23.4 Å². The van der Waals surface area contributed by atoms with Crippen molar-refractivity contribution >= 4 is 16.5 Å². The molecule has 0 aliphatic rings. The Bertz CT molecular complexity index is 632. The summed E-state index contributed by atoms with van der Waals surface area (Å²) < 4.78 is 11.7. The molecule has 1 atom stereocenters. The fourth-order valence-electron chi connectivity index (χ4n) is 2.55. The Morgan fingerprint density at radius 2 is 2.05 bits per heavy atom. The normalized spacial score (nSPS) is 13.0. The van der Waals surface area contributed by atoms with Crippen molar-refractivity contribution in [2.75, 3.05) is 12.8 Å². The van der Waals surface area contributed by atoms with E-state index in [-0.39, 0.29) is 11.5 Å². The molecule has 0 saturated heterocycles. The molecule has 5 heteroatoms. The average molecular weight is 320 g/mol. The summed E-state index contributed by atoms with van der Waals surface area (Å²) >= 11 is 1.42. The van der Waals surface area contributed by atoms with E-state index in [9.17, 15) is 0 Å². The minimum Gasteiger partial charge on any atom is -0.492 e. The second-order valence-corrected chi connectivity index (χ2v) is 7.49. The van der Waals surface area contributed by atoms with Crippen LogP contribution in [0.15, 0.2) is 23.6 Å². The van der Waals surface area contributed by atoms with Crippen molar-refractivity contribution in [3.8, 4) is 22.8 Å². The van der Waals surface area contributed by atoms with Crippen LogP contribution in [0, 0.1) is 5.41 Å². The Hall–Kier alpha value is -1.75. The van der Waals surface area contributed by atoms with Crippen LogP contribution < -0.4 is 15.2 Å². The molecule has 120 valence electrons. The third-order valence-corrected chi connectivity index (χ3v) is 3.88. The lowest BCUT2D eigenvalue weighted by Gasteiger charge is -2.25. The van der Waals surface area contributed by atoms with E-state index in [1.165, 1.54) is 11.3 Å². The van der Waals surface area contributed by atoms with Crippen LogP contribution in [0.4, 0.5) is 5.13 Å². The van der Waals surface area contributed by atoms with Crippen LogP contribution in [-0.2, 0) is 0 Å². The number of thiazole rings is 1. The molecule has 1 heterocycles. The highest BCUT2D eigenvalue weighted by Crippen LogP contribution is 2.39. The first-order valence-corrected chi connectivity index (χ1v) is 8.23. The largest absolute Gasteiger partial charge is 0.492 e. The van der Waals surface area contributed by atoms with Crippen molar-refractivity contribution in [3.63, 3.8) is 0 Å². The molecule has 0 saturated carbocycles. The third kappa shape index (κ3) is 4.13. The lowest BCUT2D eigenvalue weighted by atomic mass is 9.90. The van der Waals surface area contributed by atoms with Gasteiger partial charge in [-0.05, 0) is 30.9 Å². The molecule has 0 bridgehead atoms. The quantitative estimate of drug-likeness (QED) is 0.874. The van der Waals surface area contributed by atoms with E-state index in [0.29, 0.717) is 10.9 Å². The molecule has 2 rings (SSSR count). The molecule has 0 aliphatic heterocycles. The predicted molar refractivity (Wildman–Crippen MR) is 92.7 cm³/mol. The minimum atomic E-state index is 0.102. The highest BCUT2D eigenvalue weighted by molar-refractivity contribution is 7.13. The Balaban J connectivity index is 2.29. The molecule has 1 aromatic heterocycles. The number of methoxy groups -OCH3 is 1. The van der Waals surface area contributed by atoms with Crippen LogP contribution in [0.5, 0.6) is 11.5 Å². The zero-order valence-corrected chi connectivity index (χ0v) is 14.7. The molecule has 22 heavy (non-hydrogen) atoms. The zero-order valence-electron chi connectivity index (χ0n) is 13.8. The van der Waals surface area contributed by atoms with Gasteiger partial charge in [0.1, 0.15) is 0 Å². The number of nitrogen functional groups attached to an aromatic ring is 1. The van der Waals surface area contributed by atoms with Gasteiger partial charge in [0, 0.05) is 10.9 Å². The van der Waals surface area contributed by atoms with Crippen molar-refractivity contribution in [3.05, 3.63) is 23.6 Å². The summed E-state index contributed by atoms with van der Waals surface area (Å²) in [5, 5.41) is 2.47. The fourth-order valence-corrected chi connectivity index (χ4v) is 3.12. The maximum atomic E-state index is 6.10. The number of nitrogens with two attached hydrogens (primary N) is 1. The summed E-state index contributed by atoms with van der Waals surface area (Å²) in [7, 11) is 1.65. The van der Waals surface area contributed by atoms with Crippen LogP contribution in [0.25, 0.3) is 11.3 Å². The van der Waals surface area contributed by atoms with Crippen LogP contribution in [0.1, 0.15) is 34.1 Å². The van der Waals surface area contributed by atoms with E-state index < -0.39 is 0 Å². The summed E-state index contributed by atoms with van der Waals surface area (Å²) in [6, 6.07) is 5.85. The number of nitrogens with zero attached hydrogens (tertiary/aromatic N) is 1. The van der Waals surface area contributed by atoms with Gasteiger partial charge in [0.2, 0.25) is 0 Å². The van der Waals surface area contributed by atoms with Gasteiger partial charge in [0.15, 0.2) is 16.6 Å². The number of aromatic nitrogens is 1. The van der Waals surface area contributed by atoms with Crippen LogP contribution >= 0.6 is 11.3 Å². The highest BCUT2D eigenvalue weighted by Gasteiger charge is 2.20. The van der Waals surface area contributed by atoms with Gasteiger partial charge < -0.3 is 15.2 Å². The number of benzene rings is 1. The van der Waals surface area contributed by atoms with Crippen molar-refractivity contribution in [2.24, 2.45) is 5.41 Å². The molecular formula is C17H24N2O2S. The zero-order chi connectivity index (χ0) is 16.3. The van der Waals surface area contributed by atoms with Crippen molar-refractivity contribution < 1.29 is 9.47 Å². The van der Waals surface area contributed by atoms with Gasteiger partial charge in [-0.2, -0.15) is 0 Å². The van der Waals surface area contributed by atoms with E-state index in [1.807, 2.05) is 23.6 Å². The van der Waals surface area contributed by atoms with Crippen molar-refractivity contribution in [1.82, 2.24) is 4.98 Å². The Labute approximate surface area is 136 Å². The SMILES string of the molecule is COc1c(OC(C)CC(C)(C)C)cccc1-c1csc(N)n1. The molecule has 0 spiro atoms. The van der Waals surface area contributed by atoms with Gasteiger partial charge in [-0.3, -0.25) is 0 Å². The van der Waals surface area contributed by atoms with Gasteiger partial charge in [-0.15, -0.1) is 11.3 Å². The number of hydrogen-bond donors (Lipinski definition) is 1. The molecule has 2 aromatic rings. The predicted octanol–water partition coefficient (Wildman–Crippen LogP) is 4.60. The Morgan fingerprint density at radius 3 is 2.59 bits per heavy atom. The number of hydrogen-bond acceptors (Lipinski definition) is 5. The average Bonchev–Trinajstić information content (AvgIpc) is 2.82. The summed E-state index contributed by atoms with van der Waals surface area (Å²) in [6.45, 7) is 8.70. The van der Waals surface area contributed by atoms with Crippen molar-refractivity contribution in [1.29, 1.82) is 0 Å². The van der Waals surface area contributed by atoms with Crippen LogP contribution in [0.3, 0.4) is 0 Å². The lowest BCUT2D eigenvalue weighted by molar-refractivity contribution is 0.155. The summed E-state index contributed by atoms with van der Waals surface area (Å²) in [5.41, 5.74) is 7.66. The molecular weight excluding hydrogens is 296 g/mol. The third-order valence-electron chi connectivity index (χ3n) is 3.21. The minimum absolute atomic E-state index is 0.102. The lowest BCUT2D eigenvalue weighted by Crippen LogP contribution is -2.20. The number of ether oxygens (including phenoxy) is 2. The van der Waals surface area contributed by atoms with E-state index >= 15 is 0 Å². The second kappa shape index (κ2) is 6.57. The highest BCUT2D eigenvalue weighted by atomic mass is 32.1. The first kappa shape index (κ1) is 16.6. The van der Waals surface area contributed by atoms with Crippen LogP contribution in [0.2, 0.25) is 0 Å². The van der Waals surface area contributed by atoms with E-state index in [4.69, 9.17) is 15.2 Å². The van der Waals surface area contributed by atoms with Gasteiger partial charge in [-0.1, -0.05) is 26.8 Å². The summed E-state index contributed by atoms with van der Waals surface area (Å²) in [6.07, 6.45) is 1.06. The van der Waals surface area contributed by atoms with E-state index in [1.54, 1.807) is 7.11 Å². The standard InChI is InChI=1S/C17H24N2O2S/c1-11(9-17(2,3)4)21-14-8-6-7-12(15(14)20-5)13-10-22-16(18)19-13/h6-8,10-11H,9H2,1-5H3,(H2,18,19). The number of para-hydroxylation sites is 1. The van der Waals surface area contributed by atoms with Gasteiger partial charge in [0.05, 0.1) is 18.9 Å². The maximum Gasteiger partial charge on any atom is 0.180 e. The fraction of sp³-hybridized carbons (Fsp3) is 0.471. The molecule has 1 aromatic carbocycles. The first-order valence-electron chi connectivity index (χ1n) is 7.35. The monoisotopic (exact) mass is 320 g/mol. The van der Waals surface area contributed by atoms with Crippen LogP contribution in [-0.4, -0.2) is 18.2 Å². The molecule has 0 fully saturated rings. The van der Waals surface area contributed by atoms with Gasteiger partial charge in [-0.25, -0.2) is 4.98 Å². The number of anilines is 1. The molecule has 0 aliphatic carbocycles. The summed E-state index contributed by atoms with van der Waals surface area (Å²) in [4.78, 5) is 4.33. The Morgan fingerprint density at radius 1 is 1.32 bits per heavy atom. The first-order chi connectivity index (χ1) is 10.3. The molecule has 4 nitrogen and oxygen atoms in total. The summed E-state index contributed by atoms with van der Waals surface area (Å²) in [5.74, 6) is 1.44. The van der Waals surface area contributed by atoms with Crippen molar-refractivity contribution in [2.45, 2.75) is 40.2 Å². The smallest absolute Gasteiger partial charge is 0.180 e. The maximum absolute atomic E-state index is 6.10. The Kier molecular flexibility index (Phi) is 4.96. The van der Waals surface area contributed by atoms with Gasteiger partial charge >= 0.3 is 0 Å². The molecule has 2 N–H and O–H groups in total. The topological polar surface area (TPSA) is 57.4 Å². The molecule has 0 radical (unpaired) electrons. The molecule has 0 amide bonds. The van der Waals surface area contributed by atoms with E-state index in [2.05, 4.69) is 32.7 Å². The second-order valence-electron chi connectivity index (χ2n) is 6.60. The molecule has 1 unspecified atom stereocenters. The van der Waals surface area contributed by atoms with Gasteiger partial charge in [0.25, 0.3) is 0 Å². The number of rotatable bonds is 5.